The molecule has 27 heavy (non-hydrogen) atoms. The average molecular weight is 396 g/mol. The fraction of sp³-hybridized carbons (Fsp3) is 0.500. The van der Waals surface area contributed by atoms with Gasteiger partial charge < -0.3 is 15.3 Å². The molecule has 2 N–H and O–H groups in total. The van der Waals surface area contributed by atoms with Gasteiger partial charge in [0.2, 0.25) is 11.8 Å². The Hall–Kier alpha value is -2.42. The summed E-state index contributed by atoms with van der Waals surface area (Å²) in [5.74, 6) is -3.15. The Morgan fingerprint density at radius 1 is 1.30 bits per heavy atom. The van der Waals surface area contributed by atoms with Crippen molar-refractivity contribution in [1.29, 1.82) is 0 Å². The first-order chi connectivity index (χ1) is 12.6. The van der Waals surface area contributed by atoms with Crippen LogP contribution < -0.4 is 10.2 Å². The molecule has 1 aromatic carbocycles. The van der Waals surface area contributed by atoms with Crippen LogP contribution >= 0.6 is 0 Å². The highest BCUT2D eigenvalue weighted by molar-refractivity contribution is 7.91. The molecule has 0 bridgehead atoms. The fourth-order valence-corrected chi connectivity index (χ4v) is 3.73. The number of carboxylic acid groups (broad SMARTS) is 1. The molecule has 1 saturated heterocycles. The lowest BCUT2D eigenvalue weighted by molar-refractivity contribution is -0.142. The molecule has 1 aliphatic rings. The van der Waals surface area contributed by atoms with E-state index in [0.717, 1.165) is 5.56 Å². The number of rotatable bonds is 8. The number of carboxylic acids is 1. The van der Waals surface area contributed by atoms with Gasteiger partial charge in [-0.2, -0.15) is 0 Å². The molecule has 148 valence electrons. The van der Waals surface area contributed by atoms with Crippen LogP contribution in [0.5, 0.6) is 0 Å². The van der Waals surface area contributed by atoms with Crippen molar-refractivity contribution >= 4 is 33.3 Å². The van der Waals surface area contributed by atoms with Gasteiger partial charge in [-0.25, -0.2) is 13.2 Å². The molecule has 1 aromatic rings. The molecule has 0 aliphatic carbocycles. The van der Waals surface area contributed by atoms with Gasteiger partial charge in [0.15, 0.2) is 0 Å². The predicted octanol–water partition coefficient (Wildman–Crippen LogP) is 0.742. The zero-order chi connectivity index (χ0) is 20.2. The standard InChI is InChI=1S/C18H24N2O6S/c1-3-27(25,26)9-8-15(18(23)24)19-17(22)13-10-16(21)20(11-13)14-6-4-12(2)5-7-14/h4-7,13,15H,3,8-11H2,1-2H3,(H,19,22)(H,23,24). The van der Waals surface area contributed by atoms with Gasteiger partial charge in [0.1, 0.15) is 15.9 Å². The Morgan fingerprint density at radius 2 is 1.93 bits per heavy atom. The highest BCUT2D eigenvalue weighted by Crippen LogP contribution is 2.25. The van der Waals surface area contributed by atoms with E-state index in [0.29, 0.717) is 5.69 Å². The van der Waals surface area contributed by atoms with Gasteiger partial charge in [-0.1, -0.05) is 24.6 Å². The number of sulfone groups is 1. The topological polar surface area (TPSA) is 121 Å². The summed E-state index contributed by atoms with van der Waals surface area (Å²) in [7, 11) is -3.34. The number of hydrogen-bond acceptors (Lipinski definition) is 5. The number of benzene rings is 1. The zero-order valence-electron chi connectivity index (χ0n) is 15.3. The van der Waals surface area contributed by atoms with Crippen molar-refractivity contribution in [2.45, 2.75) is 32.7 Å². The minimum Gasteiger partial charge on any atom is -0.480 e. The van der Waals surface area contributed by atoms with Crippen LogP contribution in [0.1, 0.15) is 25.3 Å². The van der Waals surface area contributed by atoms with Crippen LogP contribution in [0.4, 0.5) is 5.69 Å². The van der Waals surface area contributed by atoms with Crippen molar-refractivity contribution in [3.05, 3.63) is 29.8 Å². The third-order valence-corrected chi connectivity index (χ3v) is 6.35. The SMILES string of the molecule is CCS(=O)(=O)CCC(NC(=O)C1CC(=O)N(c2ccc(C)cc2)C1)C(=O)O. The molecular weight excluding hydrogens is 372 g/mol. The Bertz CT molecular complexity index is 819. The molecule has 1 fully saturated rings. The monoisotopic (exact) mass is 396 g/mol. The highest BCUT2D eigenvalue weighted by atomic mass is 32.2. The van der Waals surface area contributed by atoms with Crippen molar-refractivity contribution in [3.63, 3.8) is 0 Å². The Morgan fingerprint density at radius 3 is 2.48 bits per heavy atom. The van der Waals surface area contributed by atoms with Gasteiger partial charge in [0.05, 0.1) is 11.7 Å². The number of carbonyl (C=O) groups excluding carboxylic acids is 2. The van der Waals surface area contributed by atoms with Crippen LogP contribution in [0, 0.1) is 12.8 Å². The number of carbonyl (C=O) groups is 3. The quantitative estimate of drug-likeness (QED) is 0.669. The van der Waals surface area contributed by atoms with Gasteiger partial charge in [0.25, 0.3) is 0 Å². The van der Waals surface area contributed by atoms with Crippen molar-refractivity contribution in [3.8, 4) is 0 Å². The normalized spacial score (nSPS) is 18.4. The summed E-state index contributed by atoms with van der Waals surface area (Å²) in [6, 6.07) is 6.02. The summed E-state index contributed by atoms with van der Waals surface area (Å²) in [5.41, 5.74) is 1.73. The van der Waals surface area contributed by atoms with E-state index in [4.69, 9.17) is 0 Å². The Labute approximate surface area is 158 Å². The van der Waals surface area contributed by atoms with Crippen molar-refractivity contribution < 1.29 is 27.9 Å². The summed E-state index contributed by atoms with van der Waals surface area (Å²) >= 11 is 0. The van der Waals surface area contributed by atoms with Crippen LogP contribution in [-0.4, -0.2) is 55.4 Å². The average Bonchev–Trinajstić information content (AvgIpc) is 3.00. The first-order valence-corrected chi connectivity index (χ1v) is 10.6. The molecule has 2 amide bonds. The van der Waals surface area contributed by atoms with Crippen LogP contribution in [0.2, 0.25) is 0 Å². The lowest BCUT2D eigenvalue weighted by Crippen LogP contribution is -2.45. The molecule has 2 rings (SSSR count). The summed E-state index contributed by atoms with van der Waals surface area (Å²) < 4.78 is 23.2. The predicted molar refractivity (Wildman–Crippen MR) is 100 cm³/mol. The molecule has 2 atom stereocenters. The number of hydrogen-bond donors (Lipinski definition) is 2. The number of amides is 2. The van der Waals surface area contributed by atoms with E-state index in [1.165, 1.54) is 11.8 Å². The molecule has 9 heteroatoms. The van der Waals surface area contributed by atoms with Crippen LogP contribution in [0.25, 0.3) is 0 Å². The number of nitrogens with zero attached hydrogens (tertiary/aromatic N) is 1. The van der Waals surface area contributed by atoms with Crippen LogP contribution in [0.15, 0.2) is 24.3 Å². The molecule has 0 saturated carbocycles. The van der Waals surface area contributed by atoms with Gasteiger partial charge >= 0.3 is 5.97 Å². The first kappa shape index (κ1) is 20.9. The lowest BCUT2D eigenvalue weighted by Gasteiger charge is -2.19. The van der Waals surface area contributed by atoms with E-state index in [-0.39, 0.29) is 36.8 Å². The van der Waals surface area contributed by atoms with E-state index in [9.17, 15) is 27.9 Å². The lowest BCUT2D eigenvalue weighted by atomic mass is 10.1. The molecular formula is C18H24N2O6S. The van der Waals surface area contributed by atoms with Gasteiger partial charge in [0, 0.05) is 24.4 Å². The van der Waals surface area contributed by atoms with Crippen LogP contribution in [-0.2, 0) is 24.2 Å². The third kappa shape index (κ3) is 5.53. The van der Waals surface area contributed by atoms with E-state index in [1.54, 1.807) is 12.1 Å². The molecule has 1 heterocycles. The van der Waals surface area contributed by atoms with Gasteiger partial charge in [-0.05, 0) is 25.5 Å². The summed E-state index contributed by atoms with van der Waals surface area (Å²) in [6.07, 6.45) is -0.223. The first-order valence-electron chi connectivity index (χ1n) is 8.73. The van der Waals surface area contributed by atoms with E-state index in [2.05, 4.69) is 5.32 Å². The molecule has 1 aliphatic heterocycles. The summed E-state index contributed by atoms with van der Waals surface area (Å²) in [6.45, 7) is 3.57. The van der Waals surface area contributed by atoms with Crippen molar-refractivity contribution in [1.82, 2.24) is 5.32 Å². The van der Waals surface area contributed by atoms with Gasteiger partial charge in [-0.15, -0.1) is 0 Å². The Balaban J connectivity index is 2.00. The molecule has 8 nitrogen and oxygen atoms in total. The maximum Gasteiger partial charge on any atom is 0.326 e. The minimum absolute atomic E-state index is 0.0146. The largest absolute Gasteiger partial charge is 0.480 e. The van der Waals surface area contributed by atoms with Crippen molar-refractivity contribution in [2.75, 3.05) is 23.0 Å². The van der Waals surface area contributed by atoms with Crippen molar-refractivity contribution in [2.24, 2.45) is 5.92 Å². The second kappa shape index (κ2) is 8.51. The molecule has 0 spiro atoms. The Kier molecular flexibility index (Phi) is 6.59. The zero-order valence-corrected chi connectivity index (χ0v) is 16.2. The summed E-state index contributed by atoms with van der Waals surface area (Å²) in [5, 5.41) is 11.6. The number of anilines is 1. The molecule has 2 unspecified atom stereocenters. The van der Waals surface area contributed by atoms with E-state index < -0.39 is 33.7 Å². The number of nitrogens with one attached hydrogen (secondary N) is 1. The second-order valence-electron chi connectivity index (χ2n) is 6.67. The smallest absolute Gasteiger partial charge is 0.326 e. The molecule has 0 radical (unpaired) electrons. The minimum atomic E-state index is -3.34. The number of aryl methyl sites for hydroxylation is 1. The van der Waals surface area contributed by atoms with E-state index in [1.807, 2.05) is 19.1 Å². The molecule has 0 aromatic heterocycles. The maximum atomic E-state index is 12.4. The van der Waals surface area contributed by atoms with Crippen LogP contribution in [0.3, 0.4) is 0 Å². The van der Waals surface area contributed by atoms with Gasteiger partial charge in [-0.3, -0.25) is 9.59 Å². The fourth-order valence-electron chi connectivity index (χ4n) is 2.85. The summed E-state index contributed by atoms with van der Waals surface area (Å²) in [4.78, 5) is 37.5. The third-order valence-electron chi connectivity index (χ3n) is 4.61. The van der Waals surface area contributed by atoms with E-state index >= 15 is 0 Å². The maximum absolute atomic E-state index is 12.4. The second-order valence-corrected chi connectivity index (χ2v) is 9.14. The number of aliphatic carboxylic acids is 1. The highest BCUT2D eigenvalue weighted by Gasteiger charge is 2.36.